The summed E-state index contributed by atoms with van der Waals surface area (Å²) in [5.41, 5.74) is 3.62. The summed E-state index contributed by atoms with van der Waals surface area (Å²) in [5.74, 6) is 0. The fourth-order valence-corrected chi connectivity index (χ4v) is 4.45. The van der Waals surface area contributed by atoms with Crippen molar-refractivity contribution in [2.75, 3.05) is 60.2 Å². The largest absolute Gasteiger partial charge is 0.444 e. The van der Waals surface area contributed by atoms with E-state index in [0.29, 0.717) is 17.9 Å². The molecule has 1 saturated heterocycles. The molecule has 2 aromatic carbocycles. The van der Waals surface area contributed by atoms with Crippen molar-refractivity contribution in [3.63, 3.8) is 0 Å². The lowest BCUT2D eigenvalue weighted by Crippen LogP contribution is -2.44. The number of urea groups is 1. The number of halogens is 1. The van der Waals surface area contributed by atoms with Crippen LogP contribution in [0.2, 0.25) is 5.02 Å². The van der Waals surface area contributed by atoms with Gasteiger partial charge in [0.1, 0.15) is 5.60 Å². The molecule has 0 radical (unpaired) electrons. The first kappa shape index (κ1) is 24.2. The number of hydrogen-bond acceptors (Lipinski definition) is 5. The minimum Gasteiger partial charge on any atom is -0.444 e. The molecule has 0 atom stereocenters. The van der Waals surface area contributed by atoms with Crippen LogP contribution in [-0.4, -0.2) is 62.4 Å². The number of carbonyl (C=O) groups is 2. The Morgan fingerprint density at radius 3 is 2.15 bits per heavy atom. The summed E-state index contributed by atoms with van der Waals surface area (Å²) >= 11 is 6.61. The number of likely N-dealkylation sites (N-methyl/N-ethyl adjacent to an activating group) is 1. The van der Waals surface area contributed by atoms with Crippen LogP contribution in [0, 0.1) is 0 Å². The predicted octanol–water partition coefficient (Wildman–Crippen LogP) is 5.03. The lowest BCUT2D eigenvalue weighted by molar-refractivity contribution is 0.0636. The molecule has 0 bridgehead atoms. The molecule has 0 spiro atoms. The molecule has 2 aliphatic rings. The van der Waals surface area contributed by atoms with Gasteiger partial charge in [0.2, 0.25) is 0 Å². The second kappa shape index (κ2) is 9.72. The number of amides is 3. The zero-order chi connectivity index (χ0) is 24.5. The molecule has 4 rings (SSSR count). The van der Waals surface area contributed by atoms with Crippen LogP contribution in [-0.2, 0) is 11.2 Å². The average molecular weight is 486 g/mol. The van der Waals surface area contributed by atoms with Crippen molar-refractivity contribution >= 4 is 46.5 Å². The third-order valence-electron chi connectivity index (χ3n) is 5.91. The highest BCUT2D eigenvalue weighted by atomic mass is 35.5. The van der Waals surface area contributed by atoms with Gasteiger partial charge in [-0.3, -0.25) is 10.2 Å². The fraction of sp³-hybridized carbons (Fsp3) is 0.440. The molecule has 1 fully saturated rings. The van der Waals surface area contributed by atoms with Gasteiger partial charge in [-0.2, -0.15) is 0 Å². The Hall–Kier alpha value is -2.97. The van der Waals surface area contributed by atoms with Gasteiger partial charge >= 0.3 is 12.1 Å². The van der Waals surface area contributed by atoms with Crippen LogP contribution < -0.4 is 20.4 Å². The second-order valence-electron chi connectivity index (χ2n) is 9.76. The van der Waals surface area contributed by atoms with E-state index in [9.17, 15) is 9.59 Å². The number of nitrogens with zero attached hydrogens (tertiary/aromatic N) is 3. The van der Waals surface area contributed by atoms with Gasteiger partial charge in [-0.05, 0) is 76.2 Å². The van der Waals surface area contributed by atoms with E-state index >= 15 is 0 Å². The third kappa shape index (κ3) is 5.74. The summed E-state index contributed by atoms with van der Waals surface area (Å²) in [5, 5.41) is 6.38. The topological polar surface area (TPSA) is 77.2 Å². The van der Waals surface area contributed by atoms with Crippen molar-refractivity contribution < 1.29 is 14.3 Å². The van der Waals surface area contributed by atoms with E-state index in [1.165, 1.54) is 0 Å². The Balaban J connectivity index is 1.42. The Morgan fingerprint density at radius 1 is 0.912 bits per heavy atom. The van der Waals surface area contributed by atoms with Gasteiger partial charge in [0.25, 0.3) is 0 Å². The molecule has 3 amide bonds. The normalized spacial score (nSPS) is 16.3. The van der Waals surface area contributed by atoms with Gasteiger partial charge in [0.15, 0.2) is 0 Å². The third-order valence-corrected chi connectivity index (χ3v) is 6.22. The second-order valence-corrected chi connectivity index (χ2v) is 10.2. The van der Waals surface area contributed by atoms with E-state index in [1.807, 2.05) is 32.9 Å². The summed E-state index contributed by atoms with van der Waals surface area (Å²) in [6, 6.07) is 10.8. The molecular formula is C25H32ClN5O3. The molecular weight excluding hydrogens is 454 g/mol. The lowest BCUT2D eigenvalue weighted by atomic mass is 10.1. The van der Waals surface area contributed by atoms with E-state index in [2.05, 4.69) is 27.5 Å². The zero-order valence-corrected chi connectivity index (χ0v) is 20.9. The van der Waals surface area contributed by atoms with Crippen LogP contribution in [0.15, 0.2) is 36.4 Å². The first-order valence-electron chi connectivity index (χ1n) is 11.5. The van der Waals surface area contributed by atoms with Crippen LogP contribution >= 0.6 is 11.6 Å². The molecule has 2 N–H and O–H groups in total. The molecule has 34 heavy (non-hydrogen) atoms. The van der Waals surface area contributed by atoms with E-state index < -0.39 is 11.7 Å². The number of fused-ring (bicyclic) bond motifs is 1. The number of piperazine rings is 1. The molecule has 0 aliphatic carbocycles. The Morgan fingerprint density at radius 2 is 1.53 bits per heavy atom. The van der Waals surface area contributed by atoms with Crippen molar-refractivity contribution in [2.24, 2.45) is 0 Å². The molecule has 8 nitrogen and oxygen atoms in total. The van der Waals surface area contributed by atoms with E-state index in [0.717, 1.165) is 54.6 Å². The first-order valence-corrected chi connectivity index (χ1v) is 11.9. The molecule has 182 valence electrons. The first-order chi connectivity index (χ1) is 16.1. The number of anilines is 4. The summed E-state index contributed by atoms with van der Waals surface area (Å²) < 4.78 is 5.26. The average Bonchev–Trinajstić information content (AvgIpc) is 3.16. The number of benzene rings is 2. The number of rotatable bonds is 3. The number of carbonyl (C=O) groups excluding carboxylic acids is 2. The molecule has 0 aromatic heterocycles. The van der Waals surface area contributed by atoms with Gasteiger partial charge in [-0.25, -0.2) is 9.59 Å². The highest BCUT2D eigenvalue weighted by molar-refractivity contribution is 6.33. The van der Waals surface area contributed by atoms with Crippen LogP contribution in [0.5, 0.6) is 0 Å². The highest BCUT2D eigenvalue weighted by Gasteiger charge is 2.28. The van der Waals surface area contributed by atoms with Gasteiger partial charge < -0.3 is 19.9 Å². The molecule has 9 heteroatoms. The maximum atomic E-state index is 13.1. The molecule has 0 saturated carbocycles. The number of hydrogen-bond donors (Lipinski definition) is 2. The van der Waals surface area contributed by atoms with Crippen molar-refractivity contribution in [1.82, 2.24) is 4.90 Å². The summed E-state index contributed by atoms with van der Waals surface area (Å²) in [4.78, 5) is 31.4. The SMILES string of the molecule is CN1CCN(c2cc3c(cc2Cl)CCN3C(=O)Nc2ccc(NC(=O)OC(C)(C)C)cc2)CC1. The smallest absolute Gasteiger partial charge is 0.412 e. The maximum Gasteiger partial charge on any atom is 0.412 e. The van der Waals surface area contributed by atoms with Gasteiger partial charge in [-0.15, -0.1) is 0 Å². The van der Waals surface area contributed by atoms with Crippen LogP contribution in [0.4, 0.5) is 32.3 Å². The maximum absolute atomic E-state index is 13.1. The monoisotopic (exact) mass is 485 g/mol. The van der Waals surface area contributed by atoms with Crippen LogP contribution in [0.3, 0.4) is 0 Å². The van der Waals surface area contributed by atoms with Crippen molar-refractivity contribution in [3.8, 4) is 0 Å². The summed E-state index contributed by atoms with van der Waals surface area (Å²) in [6.07, 6.45) is 0.248. The van der Waals surface area contributed by atoms with Crippen molar-refractivity contribution in [1.29, 1.82) is 0 Å². The van der Waals surface area contributed by atoms with Crippen molar-refractivity contribution in [3.05, 3.63) is 47.0 Å². The van der Waals surface area contributed by atoms with Crippen LogP contribution in [0.25, 0.3) is 0 Å². The molecule has 2 heterocycles. The standard InChI is InChI=1S/C25H32ClN5O3/c1-25(2,3)34-24(33)28-19-7-5-18(6-8-19)27-23(32)31-10-9-17-15-20(26)22(16-21(17)31)30-13-11-29(4)12-14-30/h5-8,15-16H,9-14H2,1-4H3,(H,27,32)(H,28,33). The van der Waals surface area contributed by atoms with E-state index in [-0.39, 0.29) is 6.03 Å². The number of nitrogens with one attached hydrogen (secondary N) is 2. The Labute approximate surface area is 205 Å². The van der Waals surface area contributed by atoms with E-state index in [1.54, 1.807) is 29.2 Å². The van der Waals surface area contributed by atoms with Gasteiger partial charge in [0.05, 0.1) is 16.4 Å². The lowest BCUT2D eigenvalue weighted by Gasteiger charge is -2.35. The van der Waals surface area contributed by atoms with Crippen molar-refractivity contribution in [2.45, 2.75) is 32.8 Å². The highest BCUT2D eigenvalue weighted by Crippen LogP contribution is 2.38. The quantitative estimate of drug-likeness (QED) is 0.637. The Kier molecular flexibility index (Phi) is 6.91. The minimum atomic E-state index is -0.571. The fourth-order valence-electron chi connectivity index (χ4n) is 4.15. The summed E-state index contributed by atoms with van der Waals surface area (Å²) in [7, 11) is 2.12. The molecule has 2 aromatic rings. The number of ether oxygens (including phenoxy) is 1. The summed E-state index contributed by atoms with van der Waals surface area (Å²) in [6.45, 7) is 9.81. The Bertz CT molecular complexity index is 1060. The van der Waals surface area contributed by atoms with Gasteiger partial charge in [0, 0.05) is 44.1 Å². The predicted molar refractivity (Wildman–Crippen MR) is 138 cm³/mol. The molecule has 0 unspecified atom stereocenters. The zero-order valence-electron chi connectivity index (χ0n) is 20.2. The minimum absolute atomic E-state index is 0.196. The van der Waals surface area contributed by atoms with E-state index in [4.69, 9.17) is 16.3 Å². The van der Waals surface area contributed by atoms with Gasteiger partial charge in [-0.1, -0.05) is 11.6 Å². The van der Waals surface area contributed by atoms with Crippen LogP contribution in [0.1, 0.15) is 26.3 Å². The molecule has 2 aliphatic heterocycles.